The molecular formula is C10H14BrNO3. The van der Waals surface area contributed by atoms with Gasteiger partial charge < -0.3 is 15.6 Å². The summed E-state index contributed by atoms with van der Waals surface area (Å²) in [6, 6.07) is 4.77. The minimum atomic E-state index is -0.956. The summed E-state index contributed by atoms with van der Waals surface area (Å²) in [6.45, 7) is 2.66. The number of carboxylic acid groups (broad SMARTS) is 1. The fourth-order valence-corrected chi connectivity index (χ4v) is 1.06. The zero-order valence-corrected chi connectivity index (χ0v) is 10.1. The monoisotopic (exact) mass is 275 g/mol. The molecule has 0 aliphatic carbocycles. The third-order valence-corrected chi connectivity index (χ3v) is 1.81. The van der Waals surface area contributed by atoms with Crippen LogP contribution in [0.4, 0.5) is 0 Å². The van der Waals surface area contributed by atoms with Crippen LogP contribution >= 0.6 is 17.0 Å². The number of halogens is 1. The number of aryl methyl sites for hydroxylation is 1. The molecule has 0 bridgehead atoms. The molecule has 0 unspecified atom stereocenters. The van der Waals surface area contributed by atoms with Gasteiger partial charge in [-0.05, 0) is 24.6 Å². The number of rotatable bonds is 4. The van der Waals surface area contributed by atoms with Crippen LogP contribution in [0, 0.1) is 6.92 Å². The second-order valence-corrected chi connectivity index (χ2v) is 2.92. The van der Waals surface area contributed by atoms with E-state index in [9.17, 15) is 4.79 Å². The van der Waals surface area contributed by atoms with Crippen LogP contribution in [-0.4, -0.2) is 24.2 Å². The maximum atomic E-state index is 10.7. The van der Waals surface area contributed by atoms with Crippen LogP contribution in [0.3, 0.4) is 0 Å². The number of nitrogens with two attached hydrogens (primary N) is 1. The van der Waals surface area contributed by atoms with Crippen molar-refractivity contribution in [1.29, 1.82) is 0 Å². The number of hydrogen-bond donors (Lipinski definition) is 2. The Morgan fingerprint density at radius 3 is 2.73 bits per heavy atom. The first-order chi connectivity index (χ1) is 6.65. The molecule has 0 aliphatic heterocycles. The lowest BCUT2D eigenvalue weighted by molar-refractivity contribution is 0.0696. The van der Waals surface area contributed by atoms with Crippen molar-refractivity contribution in [3.05, 3.63) is 29.3 Å². The number of carboxylic acids is 1. The van der Waals surface area contributed by atoms with Crippen molar-refractivity contribution >= 4 is 23.0 Å². The van der Waals surface area contributed by atoms with Gasteiger partial charge in [-0.3, -0.25) is 0 Å². The normalized spacial score (nSPS) is 9.20. The van der Waals surface area contributed by atoms with E-state index in [-0.39, 0.29) is 22.5 Å². The lowest BCUT2D eigenvalue weighted by atomic mass is 10.1. The average Bonchev–Trinajstić information content (AvgIpc) is 2.16. The Balaban J connectivity index is 0.00000196. The maximum absolute atomic E-state index is 10.7. The number of hydrogen-bond acceptors (Lipinski definition) is 3. The molecule has 0 aliphatic rings. The second-order valence-electron chi connectivity index (χ2n) is 2.92. The van der Waals surface area contributed by atoms with E-state index in [0.29, 0.717) is 18.9 Å². The van der Waals surface area contributed by atoms with Crippen molar-refractivity contribution in [3.63, 3.8) is 0 Å². The summed E-state index contributed by atoms with van der Waals surface area (Å²) >= 11 is 0. The van der Waals surface area contributed by atoms with Crippen LogP contribution in [0.5, 0.6) is 5.75 Å². The van der Waals surface area contributed by atoms with Gasteiger partial charge >= 0.3 is 5.97 Å². The SMILES string of the molecule is Br.Cc1ccc(C(=O)O)cc1OCCN. The Morgan fingerprint density at radius 2 is 2.20 bits per heavy atom. The summed E-state index contributed by atoms with van der Waals surface area (Å²) in [5, 5.41) is 8.75. The molecule has 15 heavy (non-hydrogen) atoms. The fourth-order valence-electron chi connectivity index (χ4n) is 1.06. The standard InChI is InChI=1S/C10H13NO3.BrH/c1-7-2-3-8(10(12)13)6-9(7)14-5-4-11;/h2-3,6H,4-5,11H2,1H3,(H,12,13);1H. The van der Waals surface area contributed by atoms with E-state index in [1.165, 1.54) is 6.07 Å². The molecule has 84 valence electrons. The van der Waals surface area contributed by atoms with Gasteiger partial charge in [0.15, 0.2) is 0 Å². The van der Waals surface area contributed by atoms with E-state index in [1.807, 2.05) is 6.92 Å². The van der Waals surface area contributed by atoms with Gasteiger partial charge in [0, 0.05) is 6.54 Å². The van der Waals surface area contributed by atoms with Gasteiger partial charge in [-0.1, -0.05) is 6.07 Å². The topological polar surface area (TPSA) is 72.5 Å². The number of benzene rings is 1. The predicted molar refractivity (Wildman–Crippen MR) is 63.0 cm³/mol. The van der Waals surface area contributed by atoms with Crippen molar-refractivity contribution in [2.75, 3.05) is 13.2 Å². The summed E-state index contributed by atoms with van der Waals surface area (Å²) in [5.74, 6) is -0.377. The molecule has 4 nitrogen and oxygen atoms in total. The molecule has 0 radical (unpaired) electrons. The third kappa shape index (κ3) is 3.89. The molecule has 0 saturated heterocycles. The highest BCUT2D eigenvalue weighted by atomic mass is 79.9. The largest absolute Gasteiger partial charge is 0.492 e. The Bertz CT molecular complexity index is 341. The first kappa shape index (κ1) is 13.9. The summed E-state index contributed by atoms with van der Waals surface area (Å²) in [4.78, 5) is 10.7. The van der Waals surface area contributed by atoms with Gasteiger partial charge in [0.1, 0.15) is 12.4 Å². The molecule has 0 fully saturated rings. The lowest BCUT2D eigenvalue weighted by Gasteiger charge is -2.08. The highest BCUT2D eigenvalue weighted by molar-refractivity contribution is 8.93. The minimum Gasteiger partial charge on any atom is -0.492 e. The van der Waals surface area contributed by atoms with Crippen molar-refractivity contribution in [2.45, 2.75) is 6.92 Å². The molecule has 3 N–H and O–H groups in total. The number of aromatic carboxylic acids is 1. The van der Waals surface area contributed by atoms with E-state index >= 15 is 0 Å². The Kier molecular flexibility index (Phi) is 5.96. The smallest absolute Gasteiger partial charge is 0.335 e. The van der Waals surface area contributed by atoms with Gasteiger partial charge in [-0.2, -0.15) is 0 Å². The summed E-state index contributed by atoms with van der Waals surface area (Å²) < 4.78 is 5.29. The van der Waals surface area contributed by atoms with E-state index in [2.05, 4.69) is 0 Å². The quantitative estimate of drug-likeness (QED) is 0.876. The van der Waals surface area contributed by atoms with Gasteiger partial charge in [-0.25, -0.2) is 4.79 Å². The Morgan fingerprint density at radius 1 is 1.53 bits per heavy atom. The van der Waals surface area contributed by atoms with Crippen LogP contribution in [0.25, 0.3) is 0 Å². The fraction of sp³-hybridized carbons (Fsp3) is 0.300. The molecule has 0 heterocycles. The van der Waals surface area contributed by atoms with Crippen LogP contribution in [-0.2, 0) is 0 Å². The summed E-state index contributed by atoms with van der Waals surface area (Å²) in [7, 11) is 0. The van der Waals surface area contributed by atoms with Crippen molar-refractivity contribution in [2.24, 2.45) is 5.73 Å². The van der Waals surface area contributed by atoms with Crippen molar-refractivity contribution in [3.8, 4) is 5.75 Å². The molecule has 5 heteroatoms. The van der Waals surface area contributed by atoms with Gasteiger partial charge in [0.25, 0.3) is 0 Å². The van der Waals surface area contributed by atoms with E-state index in [1.54, 1.807) is 12.1 Å². The second kappa shape index (κ2) is 6.42. The van der Waals surface area contributed by atoms with Crippen LogP contribution in [0.15, 0.2) is 18.2 Å². The van der Waals surface area contributed by atoms with Crippen LogP contribution in [0.1, 0.15) is 15.9 Å². The van der Waals surface area contributed by atoms with E-state index < -0.39 is 5.97 Å². The van der Waals surface area contributed by atoms with E-state index in [4.69, 9.17) is 15.6 Å². The third-order valence-electron chi connectivity index (χ3n) is 1.81. The first-order valence-corrected chi connectivity index (χ1v) is 4.32. The van der Waals surface area contributed by atoms with Crippen molar-refractivity contribution < 1.29 is 14.6 Å². The maximum Gasteiger partial charge on any atom is 0.335 e. The minimum absolute atomic E-state index is 0. The summed E-state index contributed by atoms with van der Waals surface area (Å²) in [5.41, 5.74) is 6.41. The molecule has 0 spiro atoms. The molecular weight excluding hydrogens is 262 g/mol. The van der Waals surface area contributed by atoms with Gasteiger partial charge in [-0.15, -0.1) is 17.0 Å². The molecule has 1 rings (SSSR count). The summed E-state index contributed by atoms with van der Waals surface area (Å²) in [6.07, 6.45) is 0. The van der Waals surface area contributed by atoms with Gasteiger partial charge in [0.05, 0.1) is 5.56 Å². The zero-order valence-electron chi connectivity index (χ0n) is 8.40. The Hall–Kier alpha value is -1.07. The number of ether oxygens (including phenoxy) is 1. The molecule has 1 aromatic rings. The highest BCUT2D eigenvalue weighted by Crippen LogP contribution is 2.19. The predicted octanol–water partition coefficient (Wildman–Crippen LogP) is 1.61. The molecule has 0 aromatic heterocycles. The molecule has 1 aromatic carbocycles. The average molecular weight is 276 g/mol. The van der Waals surface area contributed by atoms with E-state index in [0.717, 1.165) is 5.56 Å². The van der Waals surface area contributed by atoms with Crippen LogP contribution < -0.4 is 10.5 Å². The van der Waals surface area contributed by atoms with Crippen molar-refractivity contribution in [1.82, 2.24) is 0 Å². The first-order valence-electron chi connectivity index (χ1n) is 4.32. The Labute approximate surface area is 98.8 Å². The molecule has 0 amide bonds. The molecule has 0 saturated carbocycles. The lowest BCUT2D eigenvalue weighted by Crippen LogP contribution is -2.11. The molecule has 0 atom stereocenters. The zero-order chi connectivity index (χ0) is 10.6. The highest BCUT2D eigenvalue weighted by Gasteiger charge is 2.06. The van der Waals surface area contributed by atoms with Crippen LogP contribution in [0.2, 0.25) is 0 Å². The number of carbonyl (C=O) groups is 1. The van der Waals surface area contributed by atoms with Gasteiger partial charge in [0.2, 0.25) is 0 Å².